The number of alkyl halides is 3. The van der Waals surface area contributed by atoms with Crippen LogP contribution in [0.1, 0.15) is 0 Å². The van der Waals surface area contributed by atoms with Crippen LogP contribution < -0.4 is 0 Å². The van der Waals surface area contributed by atoms with Crippen LogP contribution in [0.4, 0.5) is 16.0 Å². The summed E-state index contributed by atoms with van der Waals surface area (Å²) in [5.74, 6) is 0. The summed E-state index contributed by atoms with van der Waals surface area (Å²) in [7, 11) is -5.84. The van der Waals surface area contributed by atoms with E-state index in [1.807, 2.05) is 0 Å². The van der Waals surface area contributed by atoms with Crippen molar-refractivity contribution < 1.29 is 29.0 Å². The van der Waals surface area contributed by atoms with E-state index in [1.165, 1.54) is 0 Å². The van der Waals surface area contributed by atoms with E-state index in [0.717, 1.165) is 0 Å². The van der Waals surface area contributed by atoms with E-state index in [2.05, 4.69) is 0 Å². The van der Waals surface area contributed by atoms with Gasteiger partial charge in [-0.1, -0.05) is 0 Å². The first-order chi connectivity index (χ1) is 4.25. The molecule has 0 aromatic heterocycles. The minimum atomic E-state index is -5.84. The molecule has 10 heavy (non-hydrogen) atoms. The normalized spacial score (nSPS) is 11.8. The first kappa shape index (κ1) is 13.1. The van der Waals surface area contributed by atoms with Crippen molar-refractivity contribution in [3.63, 3.8) is 0 Å². The molecule has 0 aromatic carbocycles. The average Bonchev–Trinajstić information content (AvgIpc) is 1.66. The zero-order chi connectivity index (χ0) is 9.00. The van der Waals surface area contributed by atoms with E-state index in [4.69, 9.17) is 13.0 Å². The quantitative estimate of drug-likeness (QED) is 0.305. The van der Waals surface area contributed by atoms with Gasteiger partial charge < -0.3 is 0 Å². The molecule has 0 unspecified atom stereocenters. The molecule has 1 N–H and O–H groups in total. The van der Waals surface area contributed by atoms with Gasteiger partial charge >= 0.3 is 42.0 Å². The van der Waals surface area contributed by atoms with Crippen LogP contribution in [0.2, 0.25) is 0 Å². The molecule has 9 heteroatoms. The Balaban J connectivity index is 0. The van der Waals surface area contributed by atoms with Gasteiger partial charge in [0.1, 0.15) is 0 Å². The molecule has 62 valence electrons. The summed E-state index contributed by atoms with van der Waals surface area (Å²) >= 11 is 0.250. The van der Waals surface area contributed by atoms with Crippen molar-refractivity contribution in [2.24, 2.45) is 0 Å². The fraction of sp³-hybridized carbons (Fsp3) is 1.00. The molecule has 2 radical (unpaired) electrons. The van der Waals surface area contributed by atoms with E-state index < -0.39 is 15.6 Å². The van der Waals surface area contributed by atoms with Crippen molar-refractivity contribution in [1.29, 1.82) is 0 Å². The van der Waals surface area contributed by atoms with E-state index in [0.29, 0.717) is 0 Å². The van der Waals surface area contributed by atoms with Gasteiger partial charge in [0.15, 0.2) is 0 Å². The molecular weight excluding hydrogens is 290 g/mol. The number of hydrogen-bond acceptors (Lipinski definition) is 2. The molecule has 0 atom stereocenters. The Kier molecular flexibility index (Phi) is 5.69. The van der Waals surface area contributed by atoms with Gasteiger partial charge in [-0.3, -0.25) is 4.55 Å². The van der Waals surface area contributed by atoms with E-state index >= 15 is 0 Å². The van der Waals surface area contributed by atoms with E-state index in [9.17, 15) is 16.0 Å². The van der Waals surface area contributed by atoms with Gasteiger partial charge in [-0.2, -0.15) is 21.6 Å². The molecule has 0 amide bonds. The van der Waals surface area contributed by atoms with Crippen molar-refractivity contribution in [2.45, 2.75) is 5.51 Å². The van der Waals surface area contributed by atoms with E-state index in [1.54, 1.807) is 0 Å². The second-order valence-corrected chi connectivity index (χ2v) is 2.33. The van der Waals surface area contributed by atoms with Crippen molar-refractivity contribution in [1.82, 2.24) is 0 Å². The van der Waals surface area contributed by atoms with Crippen LogP contribution in [0, 0.1) is 0 Å². The van der Waals surface area contributed by atoms with Crippen LogP contribution >= 0.6 is 0 Å². The first-order valence-electron chi connectivity index (χ1n) is 1.46. The van der Waals surface area contributed by atoms with Gasteiger partial charge in [0.25, 0.3) is 0 Å². The van der Waals surface area contributed by atoms with Crippen molar-refractivity contribution >= 4 is 33.7 Å². The Morgan fingerprint density at radius 1 is 1.20 bits per heavy atom. The van der Waals surface area contributed by atoms with Crippen molar-refractivity contribution in [3.05, 3.63) is 0 Å². The van der Waals surface area contributed by atoms with Gasteiger partial charge in [-0.25, -0.2) is 0 Å². The van der Waals surface area contributed by atoms with Crippen LogP contribution in [0.3, 0.4) is 0 Å². The monoisotopic (exact) mass is 290 g/mol. The van der Waals surface area contributed by atoms with Crippen LogP contribution in [0.15, 0.2) is 0 Å². The first-order valence-corrected chi connectivity index (χ1v) is 3.86. The molecule has 0 saturated heterocycles. The molecule has 0 saturated carbocycles. The Morgan fingerprint density at radius 3 is 1.30 bits per heavy atom. The van der Waals surface area contributed by atoms with Crippen LogP contribution in [0.5, 0.6) is 0 Å². The molecule has 0 fully saturated rings. The number of hydrogen-bond donors (Lipinski definition) is 1. The average molecular weight is 291 g/mol. The zero-order valence-corrected chi connectivity index (χ0v) is 7.50. The third-order valence-electron chi connectivity index (χ3n) is 0.292. The van der Waals surface area contributed by atoms with E-state index in [-0.39, 0.29) is 23.6 Å². The summed E-state index contributed by atoms with van der Waals surface area (Å²) in [5, 5.41) is 0. The Morgan fingerprint density at radius 2 is 1.30 bits per heavy atom. The third kappa shape index (κ3) is 5.25. The van der Waals surface area contributed by atoms with Gasteiger partial charge in [-0.05, 0) is 0 Å². The summed E-state index contributed by atoms with van der Waals surface area (Å²) in [6.07, 6.45) is 0. The summed E-state index contributed by atoms with van der Waals surface area (Å²) in [6, 6.07) is 0. The topological polar surface area (TPSA) is 54.4 Å². The molecule has 0 rings (SSSR count). The molecule has 0 aromatic rings. The van der Waals surface area contributed by atoms with Crippen LogP contribution in [0.25, 0.3) is 0 Å². The fourth-order valence-corrected chi connectivity index (χ4v) is 0. The number of rotatable bonds is 0. The second-order valence-electron chi connectivity index (χ2n) is 0.921. The molecule has 0 aliphatic carbocycles. The number of halogens is 4. The van der Waals surface area contributed by atoms with Crippen molar-refractivity contribution in [2.75, 3.05) is 0 Å². The van der Waals surface area contributed by atoms with Crippen molar-refractivity contribution in [3.8, 4) is 0 Å². The third-order valence-corrected chi connectivity index (χ3v) is 0.877. The summed E-state index contributed by atoms with van der Waals surface area (Å²) in [4.78, 5) is 0. The van der Waals surface area contributed by atoms with Crippen LogP contribution in [-0.4, -0.2) is 42.1 Å². The van der Waals surface area contributed by atoms with Crippen LogP contribution in [-0.2, 0) is 10.1 Å². The Hall–Kier alpha value is 0.448. The molecule has 0 bridgehead atoms. The Bertz CT molecular complexity index is 169. The van der Waals surface area contributed by atoms with Gasteiger partial charge in [0, 0.05) is 0 Å². The summed E-state index contributed by atoms with van der Waals surface area (Å²) in [6.45, 7) is 0. The standard InChI is InChI=1S/CHF3O3S.FH.Sb/c2-1(3,4)8(5,6)7;;/h(H,5,6,7);1H;/q;;+1/p-1. The molecular formula is CHF4O3SSb. The van der Waals surface area contributed by atoms with Gasteiger partial charge in [0.05, 0.1) is 0 Å². The zero-order valence-electron chi connectivity index (χ0n) is 4.13. The second kappa shape index (κ2) is 4.35. The summed E-state index contributed by atoms with van der Waals surface area (Å²) < 4.78 is 67.1. The summed E-state index contributed by atoms with van der Waals surface area (Å²) in [5.41, 5.74) is -5.53. The predicted molar refractivity (Wildman–Crippen MR) is 24.5 cm³/mol. The fourth-order valence-electron chi connectivity index (χ4n) is 0. The molecule has 3 nitrogen and oxygen atoms in total. The Labute approximate surface area is 68.4 Å². The predicted octanol–water partition coefficient (Wildman–Crippen LogP) is 0.433. The minimum absolute atomic E-state index is 0.250. The van der Waals surface area contributed by atoms with Gasteiger partial charge in [0.2, 0.25) is 0 Å². The molecule has 0 aliphatic rings. The molecule has 0 aliphatic heterocycles. The maximum absolute atomic E-state index is 10.7. The van der Waals surface area contributed by atoms with Gasteiger partial charge in [-0.15, -0.1) is 0 Å². The molecule has 0 heterocycles. The molecule has 0 spiro atoms. The SMILES string of the molecule is O=S(=O)(O)C(F)(F)F.[F][Sb]. The maximum atomic E-state index is 10.7.